The second-order valence-corrected chi connectivity index (χ2v) is 7.21. The van der Waals surface area contributed by atoms with E-state index in [4.69, 9.17) is 10.00 Å². The van der Waals surface area contributed by atoms with Crippen LogP contribution >= 0.6 is 0 Å². The number of nitrogens with zero attached hydrogens (tertiary/aromatic N) is 6. The molecule has 0 aliphatic carbocycles. The summed E-state index contributed by atoms with van der Waals surface area (Å²) in [4.78, 5) is 27.6. The van der Waals surface area contributed by atoms with Crippen molar-refractivity contribution in [1.82, 2.24) is 19.9 Å². The molecule has 32 heavy (non-hydrogen) atoms. The van der Waals surface area contributed by atoms with Crippen LogP contribution in [0, 0.1) is 11.3 Å². The van der Waals surface area contributed by atoms with Gasteiger partial charge in [-0.1, -0.05) is 0 Å². The van der Waals surface area contributed by atoms with Gasteiger partial charge >= 0.3 is 12.3 Å². The first kappa shape index (κ1) is 23.1. The summed E-state index contributed by atoms with van der Waals surface area (Å²) in [6, 6.07) is 3.50. The molecule has 0 radical (unpaired) electrons. The Bertz CT molecular complexity index is 980. The molecule has 0 bridgehead atoms. The molecule has 0 aromatic carbocycles. The van der Waals surface area contributed by atoms with Crippen LogP contribution in [0.15, 0.2) is 30.9 Å². The number of hydrogen-bond donors (Lipinski definition) is 0. The number of anilines is 1. The average Bonchev–Trinajstić information content (AvgIpc) is 2.77. The maximum atomic E-state index is 12.6. The van der Waals surface area contributed by atoms with E-state index in [-0.39, 0.29) is 25.7 Å². The topological polar surface area (TPSA) is 104 Å². The number of carbonyl (C=O) groups excluding carboxylic acids is 1. The minimum absolute atomic E-state index is 0.154. The molecular weight excluding hydrogens is 429 g/mol. The summed E-state index contributed by atoms with van der Waals surface area (Å²) in [5.74, 6) is 0.814. The summed E-state index contributed by atoms with van der Waals surface area (Å²) in [6.07, 6.45) is -1.76. The van der Waals surface area contributed by atoms with E-state index in [0.717, 1.165) is 6.92 Å². The van der Waals surface area contributed by atoms with Crippen LogP contribution < -0.4 is 9.64 Å². The van der Waals surface area contributed by atoms with Crippen LogP contribution in [0.4, 0.5) is 23.9 Å². The molecule has 1 aliphatic heterocycles. The van der Waals surface area contributed by atoms with Crippen LogP contribution in [0.1, 0.15) is 25.0 Å². The first-order valence-corrected chi connectivity index (χ1v) is 9.75. The number of rotatable bonds is 5. The minimum atomic E-state index is -4.60. The summed E-state index contributed by atoms with van der Waals surface area (Å²) in [5.41, 5.74) is 1.10. The van der Waals surface area contributed by atoms with E-state index in [1.54, 1.807) is 12.3 Å². The molecule has 0 N–H and O–H groups in total. The molecule has 1 aliphatic rings. The number of piperazine rings is 1. The van der Waals surface area contributed by atoms with Crippen molar-refractivity contribution < 1.29 is 27.4 Å². The van der Waals surface area contributed by atoms with Crippen LogP contribution in [0.3, 0.4) is 0 Å². The molecule has 3 rings (SSSR count). The highest BCUT2D eigenvalue weighted by Crippen LogP contribution is 2.24. The molecule has 3 heterocycles. The Morgan fingerprint density at radius 2 is 2.03 bits per heavy atom. The van der Waals surface area contributed by atoms with Crippen molar-refractivity contribution in [1.29, 1.82) is 5.26 Å². The highest BCUT2D eigenvalue weighted by Gasteiger charge is 2.40. The largest absolute Gasteiger partial charge is 0.486 e. The van der Waals surface area contributed by atoms with E-state index < -0.39 is 18.4 Å². The van der Waals surface area contributed by atoms with Gasteiger partial charge in [-0.15, -0.1) is 0 Å². The standard InChI is InChI=1S/C20H21F3N6O3/c1-13-11-28(19(30)32-14(2)20(21,22)23)5-6-29(13)18-26-9-17(10-27-18)31-12-15-3-4-25-8-16(15)7-24/h3-4,8-10,13-14H,5-6,11-12H2,1-2H3/t13-,14+/m1/s1. The molecule has 1 amide bonds. The third-order valence-electron chi connectivity index (χ3n) is 4.92. The van der Waals surface area contributed by atoms with Crippen molar-refractivity contribution in [3.8, 4) is 11.8 Å². The van der Waals surface area contributed by atoms with Crippen molar-refractivity contribution in [2.75, 3.05) is 24.5 Å². The Kier molecular flexibility index (Phi) is 6.97. The zero-order valence-electron chi connectivity index (χ0n) is 17.4. The van der Waals surface area contributed by atoms with E-state index in [0.29, 0.717) is 29.4 Å². The van der Waals surface area contributed by atoms with Crippen LogP contribution in [0.2, 0.25) is 0 Å². The SMILES string of the molecule is C[C@@H]1CN(C(=O)O[C@@H](C)C(F)(F)F)CCN1c1ncc(OCc2ccncc2C#N)cn1. The second kappa shape index (κ2) is 9.67. The third kappa shape index (κ3) is 5.54. The van der Waals surface area contributed by atoms with Gasteiger partial charge in [0.1, 0.15) is 12.7 Å². The van der Waals surface area contributed by atoms with Crippen LogP contribution in [-0.4, -0.2) is 63.9 Å². The Morgan fingerprint density at radius 3 is 2.66 bits per heavy atom. The summed E-state index contributed by atoms with van der Waals surface area (Å²) in [5, 5.41) is 9.09. The number of nitriles is 1. The Balaban J connectivity index is 1.55. The smallest absolute Gasteiger partial charge is 0.425 e. The lowest BCUT2D eigenvalue weighted by atomic mass is 10.2. The molecule has 12 heteroatoms. The van der Waals surface area contributed by atoms with E-state index in [9.17, 15) is 18.0 Å². The van der Waals surface area contributed by atoms with Gasteiger partial charge in [0.05, 0.1) is 18.0 Å². The molecule has 0 spiro atoms. The summed E-state index contributed by atoms with van der Waals surface area (Å²) in [7, 11) is 0. The van der Waals surface area contributed by atoms with Crippen LogP contribution in [0.5, 0.6) is 5.75 Å². The molecule has 9 nitrogen and oxygen atoms in total. The van der Waals surface area contributed by atoms with Gasteiger partial charge in [-0.3, -0.25) is 4.98 Å². The van der Waals surface area contributed by atoms with Crippen molar-refractivity contribution in [3.05, 3.63) is 42.0 Å². The third-order valence-corrected chi connectivity index (χ3v) is 4.92. The van der Waals surface area contributed by atoms with Gasteiger partial charge in [-0.2, -0.15) is 18.4 Å². The van der Waals surface area contributed by atoms with Gasteiger partial charge in [0, 0.05) is 43.6 Å². The minimum Gasteiger partial charge on any atom is -0.486 e. The highest BCUT2D eigenvalue weighted by atomic mass is 19.4. The zero-order chi connectivity index (χ0) is 23.3. The fourth-order valence-electron chi connectivity index (χ4n) is 3.06. The molecule has 1 fully saturated rings. The molecule has 1 saturated heterocycles. The van der Waals surface area contributed by atoms with Crippen molar-refractivity contribution in [2.24, 2.45) is 0 Å². The maximum absolute atomic E-state index is 12.6. The Morgan fingerprint density at radius 1 is 1.31 bits per heavy atom. The number of carbonyl (C=O) groups is 1. The number of hydrogen-bond acceptors (Lipinski definition) is 8. The van der Waals surface area contributed by atoms with Crippen LogP contribution in [0.25, 0.3) is 0 Å². The van der Waals surface area contributed by atoms with Crippen molar-refractivity contribution in [2.45, 2.75) is 38.8 Å². The van der Waals surface area contributed by atoms with E-state index in [1.807, 2.05) is 17.9 Å². The maximum Gasteiger partial charge on any atom is 0.425 e. The number of alkyl halides is 3. The van der Waals surface area contributed by atoms with E-state index in [2.05, 4.69) is 19.7 Å². The molecule has 0 saturated carbocycles. The lowest BCUT2D eigenvalue weighted by molar-refractivity contribution is -0.199. The van der Waals surface area contributed by atoms with E-state index >= 15 is 0 Å². The summed E-state index contributed by atoms with van der Waals surface area (Å²) in [6.45, 7) is 3.44. The number of amides is 1. The number of ether oxygens (including phenoxy) is 2. The monoisotopic (exact) mass is 450 g/mol. The highest BCUT2D eigenvalue weighted by molar-refractivity contribution is 5.68. The predicted molar refractivity (Wildman–Crippen MR) is 106 cm³/mol. The lowest BCUT2D eigenvalue weighted by Crippen LogP contribution is -2.55. The van der Waals surface area contributed by atoms with Gasteiger partial charge < -0.3 is 19.3 Å². The molecule has 0 unspecified atom stereocenters. The zero-order valence-corrected chi connectivity index (χ0v) is 17.4. The van der Waals surface area contributed by atoms with Crippen molar-refractivity contribution >= 4 is 12.0 Å². The molecule has 2 aromatic heterocycles. The summed E-state index contributed by atoms with van der Waals surface area (Å²) < 4.78 is 48.0. The van der Waals surface area contributed by atoms with Gasteiger partial charge in [0.25, 0.3) is 0 Å². The average molecular weight is 450 g/mol. The first-order valence-electron chi connectivity index (χ1n) is 9.75. The molecular formula is C20H21F3N6O3. The molecule has 2 aromatic rings. The van der Waals surface area contributed by atoms with Gasteiger partial charge in [-0.05, 0) is 19.9 Å². The van der Waals surface area contributed by atoms with Crippen LogP contribution in [-0.2, 0) is 11.3 Å². The number of halogens is 3. The van der Waals surface area contributed by atoms with Gasteiger partial charge in [0.2, 0.25) is 5.95 Å². The fourth-order valence-corrected chi connectivity index (χ4v) is 3.06. The quantitative estimate of drug-likeness (QED) is 0.685. The fraction of sp³-hybridized carbons (Fsp3) is 0.450. The molecule has 170 valence electrons. The summed E-state index contributed by atoms with van der Waals surface area (Å²) >= 11 is 0. The number of pyridine rings is 1. The van der Waals surface area contributed by atoms with E-state index in [1.165, 1.54) is 23.5 Å². The predicted octanol–water partition coefficient (Wildman–Crippen LogP) is 2.92. The lowest BCUT2D eigenvalue weighted by Gasteiger charge is -2.39. The Hall–Kier alpha value is -3.62. The molecule has 2 atom stereocenters. The van der Waals surface area contributed by atoms with Crippen molar-refractivity contribution in [3.63, 3.8) is 0 Å². The second-order valence-electron chi connectivity index (χ2n) is 7.21. The number of aromatic nitrogens is 3. The normalized spacial score (nSPS) is 17.4. The first-order chi connectivity index (χ1) is 15.2. The Labute approximate surface area is 182 Å². The van der Waals surface area contributed by atoms with Gasteiger partial charge in [-0.25, -0.2) is 14.8 Å². The van der Waals surface area contributed by atoms with Gasteiger partial charge in [0.15, 0.2) is 11.9 Å².